The maximum Gasteiger partial charge on any atom is 0.216 e. The number of benzene rings is 2. The molecule has 0 amide bonds. The van der Waals surface area contributed by atoms with Crippen LogP contribution in [0, 0.1) is 23.2 Å². The first-order valence-electron chi connectivity index (χ1n) is 11.0. The molecule has 0 fully saturated rings. The molecule has 0 aliphatic rings. The fraction of sp³-hybridized carbons (Fsp3) is 0.357. The van der Waals surface area contributed by atoms with Crippen LogP contribution in [-0.4, -0.2) is 18.7 Å². The summed E-state index contributed by atoms with van der Waals surface area (Å²) < 4.78 is 11.3. The molecular formula is C28H30N2O2. The van der Waals surface area contributed by atoms with Gasteiger partial charge in [0.15, 0.2) is 0 Å². The highest BCUT2D eigenvalue weighted by Crippen LogP contribution is 2.32. The second-order valence-electron chi connectivity index (χ2n) is 8.06. The number of unbranched alkanes of at least 4 members (excludes halogenated alkanes) is 1. The molecule has 164 valence electrons. The van der Waals surface area contributed by atoms with Gasteiger partial charge in [0.1, 0.15) is 5.75 Å². The lowest BCUT2D eigenvalue weighted by Gasteiger charge is -2.25. The van der Waals surface area contributed by atoms with E-state index in [1.54, 1.807) is 7.11 Å². The summed E-state index contributed by atoms with van der Waals surface area (Å²) in [5, 5.41) is 9.79. The van der Waals surface area contributed by atoms with Crippen molar-refractivity contribution in [3.05, 3.63) is 65.2 Å². The van der Waals surface area contributed by atoms with E-state index in [4.69, 9.17) is 19.7 Å². The number of methoxy groups -OCH3 is 1. The van der Waals surface area contributed by atoms with E-state index in [1.165, 1.54) is 0 Å². The van der Waals surface area contributed by atoms with Crippen LogP contribution in [0.2, 0.25) is 0 Å². The third-order valence-corrected chi connectivity index (χ3v) is 5.63. The molecule has 2 aromatic carbocycles. The van der Waals surface area contributed by atoms with Gasteiger partial charge in [0.2, 0.25) is 5.88 Å². The number of hydrogen-bond donors (Lipinski definition) is 0. The van der Waals surface area contributed by atoms with Crippen LogP contribution in [0.1, 0.15) is 50.3 Å². The smallest absolute Gasteiger partial charge is 0.216 e. The van der Waals surface area contributed by atoms with Crippen molar-refractivity contribution >= 4 is 10.9 Å². The van der Waals surface area contributed by atoms with Crippen molar-refractivity contribution in [3.8, 4) is 29.5 Å². The molecule has 1 heterocycles. The number of nitriles is 1. The molecule has 0 aliphatic heterocycles. The van der Waals surface area contributed by atoms with Gasteiger partial charge in [-0.15, -0.1) is 5.92 Å². The Morgan fingerprint density at radius 3 is 2.69 bits per heavy atom. The lowest BCUT2D eigenvalue weighted by atomic mass is 9.77. The van der Waals surface area contributed by atoms with E-state index in [1.807, 2.05) is 19.1 Å². The predicted molar refractivity (Wildman–Crippen MR) is 129 cm³/mol. The Hall–Kier alpha value is -3.50. The van der Waals surface area contributed by atoms with Crippen molar-refractivity contribution in [3.63, 3.8) is 0 Å². The second kappa shape index (κ2) is 10.7. The van der Waals surface area contributed by atoms with E-state index >= 15 is 0 Å². The number of pyridine rings is 1. The normalized spacial score (nSPS) is 12.3. The fourth-order valence-electron chi connectivity index (χ4n) is 3.96. The summed E-state index contributed by atoms with van der Waals surface area (Å²) in [6, 6.07) is 18.8. The predicted octanol–water partition coefficient (Wildman–Crippen LogP) is 6.01. The lowest BCUT2D eigenvalue weighted by molar-refractivity contribution is 0.312. The molecular weight excluding hydrogens is 396 g/mol. The van der Waals surface area contributed by atoms with Crippen LogP contribution in [0.3, 0.4) is 0 Å². The summed E-state index contributed by atoms with van der Waals surface area (Å²) >= 11 is 0. The number of aryl methyl sites for hydroxylation is 1. The van der Waals surface area contributed by atoms with Crippen molar-refractivity contribution < 1.29 is 9.47 Å². The van der Waals surface area contributed by atoms with Crippen LogP contribution < -0.4 is 9.47 Å². The topological polar surface area (TPSA) is 55.1 Å². The van der Waals surface area contributed by atoms with Gasteiger partial charge in [-0.1, -0.05) is 37.1 Å². The summed E-state index contributed by atoms with van der Waals surface area (Å²) in [5.41, 5.74) is 3.92. The maximum absolute atomic E-state index is 8.69. The van der Waals surface area contributed by atoms with Gasteiger partial charge >= 0.3 is 0 Å². The number of hydrogen-bond acceptors (Lipinski definition) is 4. The quantitative estimate of drug-likeness (QED) is 0.310. The maximum atomic E-state index is 8.69. The van der Waals surface area contributed by atoms with Gasteiger partial charge in [0.05, 0.1) is 30.7 Å². The minimum Gasteiger partial charge on any atom is -0.494 e. The third-order valence-electron chi connectivity index (χ3n) is 5.63. The van der Waals surface area contributed by atoms with Crippen LogP contribution in [-0.2, 0) is 18.3 Å². The molecule has 0 radical (unpaired) electrons. The minimum absolute atomic E-state index is 0.374. The van der Waals surface area contributed by atoms with Gasteiger partial charge in [0, 0.05) is 17.4 Å². The third kappa shape index (κ3) is 5.40. The molecule has 1 aromatic heterocycles. The van der Waals surface area contributed by atoms with E-state index in [9.17, 15) is 0 Å². The summed E-state index contributed by atoms with van der Waals surface area (Å²) in [6.07, 6.45) is 2.86. The molecule has 0 aliphatic carbocycles. The number of ether oxygens (including phenoxy) is 2. The van der Waals surface area contributed by atoms with Gasteiger partial charge in [-0.2, -0.15) is 5.26 Å². The van der Waals surface area contributed by atoms with Gasteiger partial charge in [-0.05, 0) is 68.5 Å². The Kier molecular flexibility index (Phi) is 7.74. The first-order chi connectivity index (χ1) is 15.5. The molecule has 0 N–H and O–H groups in total. The standard InChI is InChI=1S/C28H30N2O2/c1-5-14-28(3,20-21-10-9-11-25(17-21)32-16-8-7-15-29)24-13-12-23-18-22(6-2)27(31-4)30-26(23)19-24/h9-13,17-19H,6-8,16,20H2,1-4H3. The average molecular weight is 427 g/mol. The van der Waals surface area contributed by atoms with Crippen LogP contribution in [0.4, 0.5) is 0 Å². The Balaban J connectivity index is 1.92. The van der Waals surface area contributed by atoms with Gasteiger partial charge in [-0.25, -0.2) is 4.98 Å². The summed E-state index contributed by atoms with van der Waals surface area (Å²) in [5.74, 6) is 8.06. The average Bonchev–Trinajstić information content (AvgIpc) is 2.81. The highest BCUT2D eigenvalue weighted by molar-refractivity contribution is 5.81. The highest BCUT2D eigenvalue weighted by Gasteiger charge is 2.26. The van der Waals surface area contributed by atoms with E-state index in [-0.39, 0.29) is 5.41 Å². The van der Waals surface area contributed by atoms with E-state index in [2.05, 4.69) is 68.2 Å². The summed E-state index contributed by atoms with van der Waals surface area (Å²) in [4.78, 5) is 4.76. The molecule has 3 rings (SSSR count). The largest absolute Gasteiger partial charge is 0.494 e. The van der Waals surface area contributed by atoms with Gasteiger partial charge < -0.3 is 9.47 Å². The van der Waals surface area contributed by atoms with Crippen LogP contribution in [0.15, 0.2) is 48.5 Å². The Bertz CT molecular complexity index is 1180. The van der Waals surface area contributed by atoms with Gasteiger partial charge in [0.25, 0.3) is 0 Å². The second-order valence-corrected chi connectivity index (χ2v) is 8.06. The summed E-state index contributed by atoms with van der Waals surface area (Å²) in [6.45, 7) is 6.70. The molecule has 0 saturated heterocycles. The number of rotatable bonds is 9. The number of aromatic nitrogens is 1. The van der Waals surface area contributed by atoms with Crippen molar-refractivity contribution in [2.45, 2.75) is 51.9 Å². The first-order valence-corrected chi connectivity index (χ1v) is 11.0. The SMILES string of the molecule is CC#CC(C)(Cc1cccc(OCCCC#N)c1)c1ccc2cc(CC)c(OC)nc2c1. The zero-order valence-electron chi connectivity index (χ0n) is 19.4. The molecule has 4 nitrogen and oxygen atoms in total. The molecule has 1 unspecified atom stereocenters. The molecule has 32 heavy (non-hydrogen) atoms. The monoisotopic (exact) mass is 426 g/mol. The number of nitrogens with zero attached hydrogens (tertiary/aromatic N) is 2. The highest BCUT2D eigenvalue weighted by atomic mass is 16.5. The molecule has 0 spiro atoms. The van der Waals surface area contributed by atoms with Crippen molar-refractivity contribution in [2.24, 2.45) is 0 Å². The van der Waals surface area contributed by atoms with Crippen LogP contribution in [0.5, 0.6) is 11.6 Å². The fourth-order valence-corrected chi connectivity index (χ4v) is 3.96. The molecule has 0 bridgehead atoms. The Labute approximate surface area is 191 Å². The zero-order chi connectivity index (χ0) is 23.0. The lowest BCUT2D eigenvalue weighted by Crippen LogP contribution is -2.23. The van der Waals surface area contributed by atoms with Gasteiger partial charge in [-0.3, -0.25) is 0 Å². The number of fused-ring (bicyclic) bond motifs is 1. The van der Waals surface area contributed by atoms with Crippen LogP contribution >= 0.6 is 0 Å². The van der Waals surface area contributed by atoms with E-state index in [0.29, 0.717) is 18.9 Å². The van der Waals surface area contributed by atoms with Crippen LogP contribution in [0.25, 0.3) is 10.9 Å². The zero-order valence-corrected chi connectivity index (χ0v) is 19.4. The molecule has 3 aromatic rings. The Morgan fingerprint density at radius 1 is 1.12 bits per heavy atom. The van der Waals surface area contributed by atoms with E-state index < -0.39 is 0 Å². The van der Waals surface area contributed by atoms with E-state index in [0.717, 1.165) is 52.6 Å². The molecule has 1 atom stereocenters. The molecule has 4 heteroatoms. The van der Waals surface area contributed by atoms with Crippen molar-refractivity contribution in [1.82, 2.24) is 4.98 Å². The summed E-state index contributed by atoms with van der Waals surface area (Å²) in [7, 11) is 1.67. The Morgan fingerprint density at radius 2 is 1.97 bits per heavy atom. The van der Waals surface area contributed by atoms with Crippen molar-refractivity contribution in [1.29, 1.82) is 5.26 Å². The molecule has 0 saturated carbocycles. The first kappa shape index (κ1) is 23.2. The minimum atomic E-state index is -0.374. The van der Waals surface area contributed by atoms with Crippen molar-refractivity contribution in [2.75, 3.05) is 13.7 Å².